The van der Waals surface area contributed by atoms with Gasteiger partial charge in [0.05, 0.1) is 5.54 Å². The zero-order valence-electron chi connectivity index (χ0n) is 21.0. The molecule has 0 spiro atoms. The molecule has 0 bridgehead atoms. The number of hydrogen-bond acceptors (Lipinski definition) is 2. The molecule has 7 rings (SSSR count). The van der Waals surface area contributed by atoms with Gasteiger partial charge in [-0.2, -0.15) is 0 Å². The van der Waals surface area contributed by atoms with Crippen molar-refractivity contribution >= 4 is 38.2 Å². The van der Waals surface area contributed by atoms with Crippen LogP contribution in [0.3, 0.4) is 0 Å². The lowest BCUT2D eigenvalue weighted by Gasteiger charge is -2.19. The van der Waals surface area contributed by atoms with Gasteiger partial charge in [0.15, 0.2) is 0 Å². The SMILES string of the molecule is CC1(C)COC(c2cccc(-c3c4ccccc4c(-c4cccc5ccccc45)c4ccccc34)c2)=N1. The topological polar surface area (TPSA) is 21.6 Å². The molecule has 37 heavy (non-hydrogen) atoms. The first-order valence-electron chi connectivity index (χ1n) is 12.8. The maximum absolute atomic E-state index is 5.99. The van der Waals surface area contributed by atoms with Crippen molar-refractivity contribution in [3.8, 4) is 22.3 Å². The first-order chi connectivity index (χ1) is 18.1. The van der Waals surface area contributed by atoms with E-state index in [1.54, 1.807) is 0 Å². The van der Waals surface area contributed by atoms with Crippen molar-refractivity contribution in [1.29, 1.82) is 0 Å². The molecule has 0 unspecified atom stereocenters. The van der Waals surface area contributed by atoms with Crippen LogP contribution in [0.25, 0.3) is 54.6 Å². The molecule has 0 saturated carbocycles. The lowest BCUT2D eigenvalue weighted by Crippen LogP contribution is -2.17. The monoisotopic (exact) mass is 477 g/mol. The van der Waals surface area contributed by atoms with Crippen molar-refractivity contribution < 1.29 is 4.74 Å². The van der Waals surface area contributed by atoms with Crippen LogP contribution in [-0.2, 0) is 4.74 Å². The normalized spacial score (nSPS) is 14.7. The number of fused-ring (bicyclic) bond motifs is 3. The molecular weight excluding hydrogens is 450 g/mol. The maximum Gasteiger partial charge on any atom is 0.216 e. The molecule has 1 heterocycles. The largest absolute Gasteiger partial charge is 0.475 e. The summed E-state index contributed by atoms with van der Waals surface area (Å²) in [5.41, 5.74) is 5.80. The van der Waals surface area contributed by atoms with E-state index in [1.165, 1.54) is 54.6 Å². The second-order valence-corrected chi connectivity index (χ2v) is 10.5. The third kappa shape index (κ3) is 3.60. The standard InChI is InChI=1S/C35H27NO/c1-35(2)22-37-34(36-35)25-14-9-13-24(21-25)32-28-16-5-7-18-30(28)33(31-19-8-6-17-29(31)32)27-20-10-12-23-11-3-4-15-26(23)27/h3-21H,22H2,1-2H3. The summed E-state index contributed by atoms with van der Waals surface area (Å²) in [6, 6.07) is 41.5. The lowest BCUT2D eigenvalue weighted by atomic mass is 9.84. The molecule has 2 heteroatoms. The van der Waals surface area contributed by atoms with Crippen LogP contribution in [0.4, 0.5) is 0 Å². The molecule has 0 atom stereocenters. The molecule has 6 aromatic rings. The molecular formula is C35H27NO. The van der Waals surface area contributed by atoms with Crippen molar-refractivity contribution in [2.24, 2.45) is 4.99 Å². The Morgan fingerprint density at radius 1 is 0.568 bits per heavy atom. The van der Waals surface area contributed by atoms with Gasteiger partial charge in [-0.25, -0.2) is 4.99 Å². The number of benzene rings is 6. The summed E-state index contributed by atoms with van der Waals surface area (Å²) in [7, 11) is 0. The quantitative estimate of drug-likeness (QED) is 0.233. The van der Waals surface area contributed by atoms with Crippen LogP contribution in [0.15, 0.2) is 120 Å². The second kappa shape index (κ2) is 8.31. The van der Waals surface area contributed by atoms with Gasteiger partial charge in [-0.15, -0.1) is 0 Å². The summed E-state index contributed by atoms with van der Waals surface area (Å²) >= 11 is 0. The summed E-state index contributed by atoms with van der Waals surface area (Å²) in [6.07, 6.45) is 0. The minimum Gasteiger partial charge on any atom is -0.475 e. The first-order valence-corrected chi connectivity index (χ1v) is 12.8. The number of hydrogen-bond donors (Lipinski definition) is 0. The van der Waals surface area contributed by atoms with Gasteiger partial charge < -0.3 is 4.74 Å². The smallest absolute Gasteiger partial charge is 0.216 e. The van der Waals surface area contributed by atoms with Gasteiger partial charge >= 0.3 is 0 Å². The Kier molecular flexibility index (Phi) is 4.90. The highest BCUT2D eigenvalue weighted by molar-refractivity contribution is 6.23. The first kappa shape index (κ1) is 21.8. The third-order valence-corrected chi connectivity index (χ3v) is 7.35. The Labute approximate surface area is 216 Å². The highest BCUT2D eigenvalue weighted by Gasteiger charge is 2.27. The van der Waals surface area contributed by atoms with Crippen molar-refractivity contribution in [3.05, 3.63) is 121 Å². The Balaban J connectivity index is 1.56. The molecule has 1 aliphatic heterocycles. The molecule has 178 valence electrons. The number of nitrogens with zero attached hydrogens (tertiary/aromatic N) is 1. The van der Waals surface area contributed by atoms with E-state index in [2.05, 4.69) is 129 Å². The molecule has 6 aromatic carbocycles. The van der Waals surface area contributed by atoms with E-state index in [0.717, 1.165) is 11.5 Å². The average molecular weight is 478 g/mol. The average Bonchev–Trinajstić information content (AvgIpc) is 3.31. The van der Waals surface area contributed by atoms with Crippen molar-refractivity contribution in [3.63, 3.8) is 0 Å². The predicted molar refractivity (Wildman–Crippen MR) is 156 cm³/mol. The molecule has 0 saturated heterocycles. The predicted octanol–water partition coefficient (Wildman–Crippen LogP) is 9.04. The highest BCUT2D eigenvalue weighted by atomic mass is 16.5. The minimum absolute atomic E-state index is 0.190. The van der Waals surface area contributed by atoms with Gasteiger partial charge in [-0.1, -0.05) is 103 Å². The van der Waals surface area contributed by atoms with E-state index < -0.39 is 0 Å². The molecule has 0 fully saturated rings. The van der Waals surface area contributed by atoms with E-state index in [4.69, 9.17) is 9.73 Å². The molecule has 0 amide bonds. The summed E-state index contributed by atoms with van der Waals surface area (Å²) in [4.78, 5) is 4.83. The zero-order valence-corrected chi connectivity index (χ0v) is 21.0. The fourth-order valence-corrected chi connectivity index (χ4v) is 5.71. The minimum atomic E-state index is -0.190. The zero-order chi connectivity index (χ0) is 25.0. The van der Waals surface area contributed by atoms with Gasteiger partial charge in [0.2, 0.25) is 5.90 Å². The molecule has 0 radical (unpaired) electrons. The summed E-state index contributed by atoms with van der Waals surface area (Å²) in [6.45, 7) is 4.83. The van der Waals surface area contributed by atoms with Crippen LogP contribution >= 0.6 is 0 Å². The van der Waals surface area contributed by atoms with Gasteiger partial charge in [0.1, 0.15) is 6.61 Å². The van der Waals surface area contributed by atoms with E-state index in [9.17, 15) is 0 Å². The summed E-state index contributed by atoms with van der Waals surface area (Å²) < 4.78 is 5.99. The Morgan fingerprint density at radius 3 is 1.76 bits per heavy atom. The fraction of sp³-hybridized carbons (Fsp3) is 0.114. The van der Waals surface area contributed by atoms with Crippen LogP contribution in [0.2, 0.25) is 0 Å². The lowest BCUT2D eigenvalue weighted by molar-refractivity contribution is 0.279. The van der Waals surface area contributed by atoms with Gasteiger partial charge in [0, 0.05) is 5.56 Å². The number of aliphatic imine (C=N–C) groups is 1. The highest BCUT2D eigenvalue weighted by Crippen LogP contribution is 2.45. The van der Waals surface area contributed by atoms with Crippen LogP contribution in [0, 0.1) is 0 Å². The van der Waals surface area contributed by atoms with Crippen LogP contribution in [0.1, 0.15) is 19.4 Å². The van der Waals surface area contributed by atoms with E-state index >= 15 is 0 Å². The second-order valence-electron chi connectivity index (χ2n) is 10.5. The van der Waals surface area contributed by atoms with E-state index in [0.29, 0.717) is 6.61 Å². The summed E-state index contributed by atoms with van der Waals surface area (Å²) in [5, 5.41) is 7.54. The Hall–Kier alpha value is -4.43. The van der Waals surface area contributed by atoms with Crippen molar-refractivity contribution in [2.75, 3.05) is 6.61 Å². The molecule has 1 aliphatic rings. The van der Waals surface area contributed by atoms with E-state index in [-0.39, 0.29) is 5.54 Å². The fourth-order valence-electron chi connectivity index (χ4n) is 5.71. The number of rotatable bonds is 3. The van der Waals surface area contributed by atoms with Gasteiger partial charge in [-0.05, 0) is 80.6 Å². The molecule has 0 N–H and O–H groups in total. The van der Waals surface area contributed by atoms with Crippen LogP contribution in [-0.4, -0.2) is 18.0 Å². The van der Waals surface area contributed by atoms with Gasteiger partial charge in [0.25, 0.3) is 0 Å². The molecule has 0 aromatic heterocycles. The van der Waals surface area contributed by atoms with Crippen LogP contribution in [0.5, 0.6) is 0 Å². The van der Waals surface area contributed by atoms with Crippen LogP contribution < -0.4 is 0 Å². The third-order valence-electron chi connectivity index (χ3n) is 7.35. The van der Waals surface area contributed by atoms with E-state index in [1.807, 2.05) is 0 Å². The maximum atomic E-state index is 5.99. The Morgan fingerprint density at radius 2 is 1.11 bits per heavy atom. The molecule has 0 aliphatic carbocycles. The summed E-state index contributed by atoms with van der Waals surface area (Å²) in [5.74, 6) is 0.729. The van der Waals surface area contributed by atoms with Crippen molar-refractivity contribution in [2.45, 2.75) is 19.4 Å². The van der Waals surface area contributed by atoms with Gasteiger partial charge in [-0.3, -0.25) is 0 Å². The van der Waals surface area contributed by atoms with Crippen molar-refractivity contribution in [1.82, 2.24) is 0 Å². The molecule has 2 nitrogen and oxygen atoms in total. The number of ether oxygens (including phenoxy) is 1. The Bertz CT molecular complexity index is 1800.